The van der Waals surface area contributed by atoms with Crippen LogP contribution in [-0.4, -0.2) is 98.5 Å². The second kappa shape index (κ2) is 38.2. The number of hydrogen-bond acceptors (Lipinski definition) is 9. The van der Waals surface area contributed by atoms with E-state index >= 15 is 0 Å². The maximum Gasteiger partial charge on any atom is 0.305 e. The van der Waals surface area contributed by atoms with E-state index in [1.807, 2.05) is 30.3 Å². The molecular weight excluding hydrogens is 612 g/mol. The highest BCUT2D eigenvalue weighted by Gasteiger charge is 2.03. The topological polar surface area (TPSA) is 90.9 Å². The van der Waals surface area contributed by atoms with Crippen LogP contribution < -0.4 is 0 Å². The van der Waals surface area contributed by atoms with E-state index in [0.717, 1.165) is 18.4 Å². The molecule has 0 aliphatic rings. The Bertz CT molecular complexity index is 765. The minimum absolute atomic E-state index is 0.125. The van der Waals surface area contributed by atoms with Crippen LogP contribution in [0.15, 0.2) is 30.3 Å². The normalized spacial score (nSPS) is 11.4. The van der Waals surface area contributed by atoms with Gasteiger partial charge in [0.05, 0.1) is 92.5 Å². The number of hydrogen-bond donors (Lipinski definition) is 0. The van der Waals surface area contributed by atoms with Crippen LogP contribution in [0.3, 0.4) is 0 Å². The molecule has 0 spiro atoms. The van der Waals surface area contributed by atoms with E-state index in [4.69, 9.17) is 37.9 Å². The third-order valence-electron chi connectivity index (χ3n) is 7.82. The molecule has 1 aromatic carbocycles. The first kappa shape index (κ1) is 44.4. The van der Waals surface area contributed by atoms with Crippen molar-refractivity contribution in [2.75, 3.05) is 92.5 Å². The van der Waals surface area contributed by atoms with Gasteiger partial charge in [-0.3, -0.25) is 4.79 Å². The van der Waals surface area contributed by atoms with Crippen LogP contribution >= 0.6 is 0 Å². The van der Waals surface area contributed by atoms with Crippen molar-refractivity contribution in [3.63, 3.8) is 0 Å². The van der Waals surface area contributed by atoms with Gasteiger partial charge >= 0.3 is 5.97 Å². The van der Waals surface area contributed by atoms with Crippen LogP contribution in [0, 0.1) is 0 Å². The molecule has 0 saturated heterocycles. The van der Waals surface area contributed by atoms with Crippen LogP contribution in [0.2, 0.25) is 0 Å². The minimum atomic E-state index is -0.125. The van der Waals surface area contributed by atoms with Crippen LogP contribution in [-0.2, 0) is 49.3 Å². The van der Waals surface area contributed by atoms with E-state index < -0.39 is 0 Å². The molecule has 1 aromatic rings. The summed E-state index contributed by atoms with van der Waals surface area (Å²) in [6, 6.07) is 10.1. The van der Waals surface area contributed by atoms with Gasteiger partial charge in [0.1, 0.15) is 6.61 Å². The Morgan fingerprint density at radius 3 is 1.15 bits per heavy atom. The van der Waals surface area contributed by atoms with Crippen molar-refractivity contribution in [2.45, 2.75) is 116 Å². The average molecular weight is 683 g/mol. The van der Waals surface area contributed by atoms with Gasteiger partial charge in [0.25, 0.3) is 0 Å². The molecule has 0 N–H and O–H groups in total. The number of carbonyl (C=O) groups excluding carboxylic acids is 1. The summed E-state index contributed by atoms with van der Waals surface area (Å²) >= 11 is 0. The SMILES string of the molecule is CCCCCCCCCCCCCCCCCC(=O)OCCOCCOCCOCCOCCOCCOCCOCc1ccccc1. The molecule has 0 heterocycles. The van der Waals surface area contributed by atoms with Crippen LogP contribution in [0.4, 0.5) is 0 Å². The minimum Gasteiger partial charge on any atom is -0.463 e. The van der Waals surface area contributed by atoms with E-state index in [1.165, 1.54) is 83.5 Å². The van der Waals surface area contributed by atoms with Crippen LogP contribution in [0.1, 0.15) is 115 Å². The fraction of sp³-hybridized carbons (Fsp3) is 0.821. The summed E-state index contributed by atoms with van der Waals surface area (Å²) in [5.74, 6) is -0.125. The predicted octanol–water partition coefficient (Wildman–Crippen LogP) is 8.11. The van der Waals surface area contributed by atoms with E-state index in [-0.39, 0.29) is 5.97 Å². The van der Waals surface area contributed by atoms with Gasteiger partial charge in [-0.05, 0) is 12.0 Å². The van der Waals surface area contributed by atoms with Gasteiger partial charge in [0.2, 0.25) is 0 Å². The molecule has 0 fully saturated rings. The molecular formula is C39H70O9. The van der Waals surface area contributed by atoms with Gasteiger partial charge in [-0.2, -0.15) is 0 Å². The zero-order valence-electron chi connectivity index (χ0n) is 30.5. The lowest BCUT2D eigenvalue weighted by atomic mass is 10.0. The zero-order valence-corrected chi connectivity index (χ0v) is 30.5. The molecule has 0 saturated carbocycles. The summed E-state index contributed by atoms with van der Waals surface area (Å²) in [6.07, 6.45) is 20.3. The molecule has 9 nitrogen and oxygen atoms in total. The highest BCUT2D eigenvalue weighted by Crippen LogP contribution is 2.14. The van der Waals surface area contributed by atoms with Crippen molar-refractivity contribution >= 4 is 5.97 Å². The van der Waals surface area contributed by atoms with Gasteiger partial charge < -0.3 is 37.9 Å². The summed E-state index contributed by atoms with van der Waals surface area (Å²) < 4.78 is 43.8. The monoisotopic (exact) mass is 683 g/mol. The number of ether oxygens (including phenoxy) is 8. The first-order chi connectivity index (χ1) is 23.8. The number of benzene rings is 1. The summed E-state index contributed by atoms with van der Waals surface area (Å²) in [5, 5.41) is 0. The Kier molecular flexibility index (Phi) is 35.4. The van der Waals surface area contributed by atoms with E-state index in [9.17, 15) is 4.79 Å². The summed E-state index contributed by atoms with van der Waals surface area (Å²) in [5.41, 5.74) is 1.16. The largest absolute Gasteiger partial charge is 0.463 e. The molecule has 48 heavy (non-hydrogen) atoms. The number of esters is 1. The molecule has 0 bridgehead atoms. The fourth-order valence-electron chi connectivity index (χ4n) is 5.01. The molecule has 0 unspecified atom stereocenters. The van der Waals surface area contributed by atoms with E-state index in [2.05, 4.69) is 6.92 Å². The van der Waals surface area contributed by atoms with Crippen molar-refractivity contribution in [3.05, 3.63) is 35.9 Å². The molecule has 9 heteroatoms. The molecule has 0 aliphatic carbocycles. The quantitative estimate of drug-likeness (QED) is 0.0505. The maximum atomic E-state index is 11.9. The number of carbonyl (C=O) groups is 1. The van der Waals surface area contributed by atoms with Crippen molar-refractivity contribution in [1.29, 1.82) is 0 Å². The number of rotatable bonds is 39. The second-order valence-electron chi connectivity index (χ2n) is 12.1. The molecule has 0 atom stereocenters. The second-order valence-corrected chi connectivity index (χ2v) is 12.1. The highest BCUT2D eigenvalue weighted by molar-refractivity contribution is 5.69. The Hall–Kier alpha value is -1.59. The number of unbranched alkanes of at least 4 members (excludes halogenated alkanes) is 14. The van der Waals surface area contributed by atoms with Gasteiger partial charge in [-0.15, -0.1) is 0 Å². The summed E-state index contributed by atoms with van der Waals surface area (Å²) in [4.78, 5) is 11.9. The van der Waals surface area contributed by atoms with Gasteiger partial charge in [-0.1, -0.05) is 127 Å². The van der Waals surface area contributed by atoms with Crippen molar-refractivity contribution in [2.24, 2.45) is 0 Å². The molecule has 1 rings (SSSR count). The standard InChI is InChI=1S/C39H70O9/c1-2-3-4-5-6-7-8-9-10-11-12-13-14-15-19-22-39(40)48-36-35-46-32-31-44-28-27-42-24-23-41-25-26-43-29-30-45-33-34-47-37-38-20-17-16-18-21-38/h16-18,20-21H,2-15,19,22-37H2,1H3. The van der Waals surface area contributed by atoms with Crippen molar-refractivity contribution < 1.29 is 42.7 Å². The first-order valence-corrected chi connectivity index (χ1v) is 19.1. The lowest BCUT2D eigenvalue weighted by Gasteiger charge is -2.09. The third-order valence-corrected chi connectivity index (χ3v) is 7.82. The first-order valence-electron chi connectivity index (χ1n) is 19.1. The Labute approximate surface area is 293 Å². The predicted molar refractivity (Wildman–Crippen MR) is 192 cm³/mol. The third kappa shape index (κ3) is 34.3. The van der Waals surface area contributed by atoms with Crippen LogP contribution in [0.25, 0.3) is 0 Å². The highest BCUT2D eigenvalue weighted by atomic mass is 16.6. The summed E-state index contributed by atoms with van der Waals surface area (Å²) in [6.45, 7) is 9.77. The fourth-order valence-corrected chi connectivity index (χ4v) is 5.01. The molecule has 0 radical (unpaired) electrons. The molecule has 0 amide bonds. The van der Waals surface area contributed by atoms with E-state index in [0.29, 0.717) is 106 Å². The van der Waals surface area contributed by atoms with Crippen molar-refractivity contribution in [1.82, 2.24) is 0 Å². The Balaban J connectivity index is 1.65. The molecule has 280 valence electrons. The van der Waals surface area contributed by atoms with Crippen LogP contribution in [0.5, 0.6) is 0 Å². The molecule has 0 aliphatic heterocycles. The Morgan fingerprint density at radius 1 is 0.417 bits per heavy atom. The molecule has 0 aromatic heterocycles. The Morgan fingerprint density at radius 2 is 0.750 bits per heavy atom. The average Bonchev–Trinajstić information content (AvgIpc) is 3.10. The summed E-state index contributed by atoms with van der Waals surface area (Å²) in [7, 11) is 0. The lowest BCUT2D eigenvalue weighted by molar-refractivity contribution is -0.145. The van der Waals surface area contributed by atoms with E-state index in [1.54, 1.807) is 0 Å². The van der Waals surface area contributed by atoms with Gasteiger partial charge in [0, 0.05) is 6.42 Å². The van der Waals surface area contributed by atoms with Gasteiger partial charge in [-0.25, -0.2) is 0 Å². The van der Waals surface area contributed by atoms with Gasteiger partial charge in [0.15, 0.2) is 0 Å². The zero-order chi connectivity index (χ0) is 34.3. The lowest BCUT2D eigenvalue weighted by Crippen LogP contribution is -2.15. The van der Waals surface area contributed by atoms with Crippen molar-refractivity contribution in [3.8, 4) is 0 Å². The smallest absolute Gasteiger partial charge is 0.305 e. The maximum absolute atomic E-state index is 11.9.